The molecule has 1 N–H and O–H groups in total. The molecule has 188 valence electrons. The first-order chi connectivity index (χ1) is 16.7. The van der Waals surface area contributed by atoms with Crippen LogP contribution in [0.25, 0.3) is 16.6 Å². The number of hydrogen-bond acceptors (Lipinski definition) is 3. The summed E-state index contributed by atoms with van der Waals surface area (Å²) in [6.07, 6.45) is -12.0. The summed E-state index contributed by atoms with van der Waals surface area (Å²) in [5.74, 6) is 0.145. The highest BCUT2D eigenvalue weighted by Crippen LogP contribution is 2.50. The van der Waals surface area contributed by atoms with E-state index in [-0.39, 0.29) is 33.9 Å². The van der Waals surface area contributed by atoms with Crippen LogP contribution in [0.3, 0.4) is 0 Å². The first-order valence-corrected chi connectivity index (χ1v) is 10.9. The summed E-state index contributed by atoms with van der Waals surface area (Å²) < 4.78 is 80.7. The molecule has 1 aromatic heterocycles. The van der Waals surface area contributed by atoms with E-state index in [2.05, 4.69) is 4.98 Å². The Morgan fingerprint density at radius 3 is 1.97 bits per heavy atom. The van der Waals surface area contributed by atoms with Gasteiger partial charge >= 0.3 is 12.4 Å². The predicted octanol–water partition coefficient (Wildman–Crippen LogP) is 6.60. The maximum atomic E-state index is 13.4. The second-order valence-electron chi connectivity index (χ2n) is 7.86. The van der Waals surface area contributed by atoms with Crippen LogP contribution in [0.5, 0.6) is 0 Å². The highest BCUT2D eigenvalue weighted by Gasteiger charge is 2.71. The van der Waals surface area contributed by atoms with E-state index in [1.165, 1.54) is 6.07 Å². The van der Waals surface area contributed by atoms with Gasteiger partial charge in [0, 0.05) is 17.0 Å². The van der Waals surface area contributed by atoms with E-state index < -0.39 is 29.1 Å². The zero-order valence-electron chi connectivity index (χ0n) is 17.8. The molecule has 36 heavy (non-hydrogen) atoms. The molecular weight excluding hydrogens is 533 g/mol. The maximum absolute atomic E-state index is 13.4. The topological polar surface area (TPSA) is 55.1 Å². The molecule has 0 atom stereocenters. The summed E-state index contributed by atoms with van der Waals surface area (Å²) in [6, 6.07) is 13.8. The number of halogens is 8. The van der Waals surface area contributed by atoms with Crippen molar-refractivity contribution in [2.45, 2.75) is 24.4 Å². The highest BCUT2D eigenvalue weighted by molar-refractivity contribution is 6.35. The number of rotatable bonds is 4. The summed E-state index contributed by atoms with van der Waals surface area (Å²) >= 11 is 12.1. The number of aromatic nitrogens is 2. The van der Waals surface area contributed by atoms with Crippen LogP contribution < -0.4 is 5.56 Å². The molecule has 4 rings (SSSR count). The molecule has 4 aromatic rings. The quantitative estimate of drug-likeness (QED) is 0.293. The Kier molecular flexibility index (Phi) is 6.57. The molecule has 0 unspecified atom stereocenters. The lowest BCUT2D eigenvalue weighted by molar-refractivity contribution is -0.376. The number of fused-ring (bicyclic) bond motifs is 1. The van der Waals surface area contributed by atoms with Crippen molar-refractivity contribution in [3.8, 4) is 5.69 Å². The van der Waals surface area contributed by atoms with Crippen LogP contribution in [-0.4, -0.2) is 27.0 Å². The van der Waals surface area contributed by atoms with Crippen LogP contribution in [0.15, 0.2) is 71.5 Å². The highest BCUT2D eigenvalue weighted by atomic mass is 35.5. The zero-order valence-corrected chi connectivity index (χ0v) is 19.3. The van der Waals surface area contributed by atoms with Gasteiger partial charge in [-0.2, -0.15) is 26.3 Å². The Labute approximate surface area is 209 Å². The van der Waals surface area contributed by atoms with E-state index in [1.54, 1.807) is 36.4 Å². The van der Waals surface area contributed by atoms with Crippen molar-refractivity contribution in [2.75, 3.05) is 0 Å². The number of benzene rings is 3. The molecule has 3 aromatic carbocycles. The Bertz CT molecular complexity index is 1470. The van der Waals surface area contributed by atoms with Crippen LogP contribution in [0.4, 0.5) is 26.3 Å². The molecule has 0 amide bonds. The average Bonchev–Trinajstić information content (AvgIpc) is 2.79. The van der Waals surface area contributed by atoms with E-state index in [1.807, 2.05) is 0 Å². The van der Waals surface area contributed by atoms with Crippen molar-refractivity contribution < 1.29 is 31.4 Å². The van der Waals surface area contributed by atoms with Crippen LogP contribution in [0, 0.1) is 0 Å². The summed E-state index contributed by atoms with van der Waals surface area (Å²) in [5.41, 5.74) is -6.36. The van der Waals surface area contributed by atoms with Gasteiger partial charge in [-0.15, -0.1) is 0 Å². The van der Waals surface area contributed by atoms with E-state index in [0.29, 0.717) is 22.7 Å². The SMILES string of the molecule is O=c1c2c(Cl)cccc2nc(Cc2ccc(Cl)cc2)n1-c1ccc(C(O)(C(F)(F)F)C(F)(F)F)cc1. The molecule has 0 saturated carbocycles. The fourth-order valence-electron chi connectivity index (χ4n) is 3.75. The molecule has 0 radical (unpaired) electrons. The van der Waals surface area contributed by atoms with Gasteiger partial charge in [-0.3, -0.25) is 9.36 Å². The van der Waals surface area contributed by atoms with Crippen molar-refractivity contribution >= 4 is 34.1 Å². The molecule has 0 spiro atoms. The minimum atomic E-state index is -6.04. The molecular formula is C24H14Cl2F6N2O2. The van der Waals surface area contributed by atoms with Crippen LogP contribution in [-0.2, 0) is 12.0 Å². The van der Waals surface area contributed by atoms with E-state index in [0.717, 1.165) is 16.7 Å². The van der Waals surface area contributed by atoms with Crippen molar-refractivity contribution in [1.82, 2.24) is 9.55 Å². The standard InChI is InChI=1S/C24H14Cl2F6N2O2/c25-15-8-4-13(5-9-15)12-19-33-18-3-1-2-17(26)20(18)21(35)34(19)16-10-6-14(7-11-16)22(36,23(27,28)29)24(30,31)32/h1-11,36H,12H2. The Morgan fingerprint density at radius 2 is 1.42 bits per heavy atom. The predicted molar refractivity (Wildman–Crippen MR) is 123 cm³/mol. The number of aliphatic hydroxyl groups is 1. The third-order valence-electron chi connectivity index (χ3n) is 5.56. The zero-order chi connectivity index (χ0) is 26.5. The normalized spacial score (nSPS) is 12.8. The largest absolute Gasteiger partial charge is 0.430 e. The van der Waals surface area contributed by atoms with Gasteiger partial charge in [0.2, 0.25) is 0 Å². The van der Waals surface area contributed by atoms with Gasteiger partial charge in [0.25, 0.3) is 11.2 Å². The van der Waals surface area contributed by atoms with Crippen LogP contribution in [0.1, 0.15) is 17.0 Å². The molecule has 4 nitrogen and oxygen atoms in total. The molecule has 1 heterocycles. The van der Waals surface area contributed by atoms with Gasteiger partial charge in [0.05, 0.1) is 21.6 Å². The summed E-state index contributed by atoms with van der Waals surface area (Å²) in [5, 5.41) is 10.2. The lowest BCUT2D eigenvalue weighted by atomic mass is 9.92. The first kappa shape index (κ1) is 26.0. The monoisotopic (exact) mass is 546 g/mol. The van der Waals surface area contributed by atoms with Gasteiger partial charge in [0.1, 0.15) is 5.82 Å². The van der Waals surface area contributed by atoms with E-state index >= 15 is 0 Å². The molecule has 0 aliphatic heterocycles. The van der Waals surface area contributed by atoms with Crippen LogP contribution >= 0.6 is 23.2 Å². The molecule has 0 aliphatic carbocycles. The van der Waals surface area contributed by atoms with Gasteiger partial charge < -0.3 is 5.11 Å². The number of nitrogens with zero attached hydrogens (tertiary/aromatic N) is 2. The summed E-state index contributed by atoms with van der Waals surface area (Å²) in [6.45, 7) is 0. The van der Waals surface area contributed by atoms with E-state index in [4.69, 9.17) is 23.2 Å². The van der Waals surface area contributed by atoms with E-state index in [9.17, 15) is 36.2 Å². The van der Waals surface area contributed by atoms with Gasteiger partial charge in [-0.05, 0) is 42.0 Å². The third-order valence-corrected chi connectivity index (χ3v) is 6.12. The van der Waals surface area contributed by atoms with Crippen molar-refractivity contribution in [3.63, 3.8) is 0 Å². The van der Waals surface area contributed by atoms with Gasteiger partial charge in [0.15, 0.2) is 0 Å². The number of alkyl halides is 6. The van der Waals surface area contributed by atoms with Crippen molar-refractivity contribution in [2.24, 2.45) is 0 Å². The first-order valence-electron chi connectivity index (χ1n) is 10.2. The molecule has 0 fully saturated rings. The van der Waals surface area contributed by atoms with Crippen molar-refractivity contribution in [3.05, 3.63) is 104 Å². The smallest absolute Gasteiger partial charge is 0.369 e. The van der Waals surface area contributed by atoms with Crippen LogP contribution in [0.2, 0.25) is 10.0 Å². The maximum Gasteiger partial charge on any atom is 0.430 e. The molecule has 0 bridgehead atoms. The third kappa shape index (κ3) is 4.44. The average molecular weight is 547 g/mol. The second-order valence-corrected chi connectivity index (χ2v) is 8.70. The van der Waals surface area contributed by atoms with Crippen molar-refractivity contribution in [1.29, 1.82) is 0 Å². The minimum Gasteiger partial charge on any atom is -0.369 e. The fourth-order valence-corrected chi connectivity index (χ4v) is 4.12. The number of hydrogen-bond donors (Lipinski definition) is 1. The summed E-state index contributed by atoms with van der Waals surface area (Å²) in [7, 11) is 0. The molecule has 0 saturated heterocycles. The van der Waals surface area contributed by atoms with Gasteiger partial charge in [-0.25, -0.2) is 4.98 Å². The lowest BCUT2D eigenvalue weighted by Gasteiger charge is -2.32. The fraction of sp³-hybridized carbons (Fsp3) is 0.167. The second kappa shape index (κ2) is 9.10. The molecule has 12 heteroatoms. The minimum absolute atomic E-state index is 0.0187. The Morgan fingerprint density at radius 1 is 0.833 bits per heavy atom. The van der Waals surface area contributed by atoms with Gasteiger partial charge in [-0.1, -0.05) is 53.5 Å². The lowest BCUT2D eigenvalue weighted by Crippen LogP contribution is -2.53. The summed E-state index contributed by atoms with van der Waals surface area (Å²) in [4.78, 5) is 17.9. The Balaban J connectivity index is 1.92. The Hall–Kier alpha value is -3.08. The molecule has 0 aliphatic rings.